The molecule has 0 aliphatic carbocycles. The third kappa shape index (κ3) is 4.52. The molecule has 0 aromatic carbocycles. The van der Waals surface area contributed by atoms with Crippen LogP contribution in [0.5, 0.6) is 0 Å². The Labute approximate surface area is 95.5 Å². The van der Waals surface area contributed by atoms with Crippen LogP contribution in [0.2, 0.25) is 0 Å². The molecule has 0 amide bonds. The summed E-state index contributed by atoms with van der Waals surface area (Å²) in [6.07, 6.45) is 1.91. The van der Waals surface area contributed by atoms with Crippen LogP contribution in [0.4, 0.5) is 0 Å². The van der Waals surface area contributed by atoms with Gasteiger partial charge in [0, 0.05) is 18.0 Å². The first kappa shape index (κ1) is 14.9. The third-order valence-corrected chi connectivity index (χ3v) is 3.83. The average Bonchev–Trinajstić information content (AvgIpc) is 2.17. The Hall–Kier alpha value is -0.0800. The molecule has 3 atom stereocenters. The molecule has 0 rings (SSSR count). The van der Waals surface area contributed by atoms with E-state index < -0.39 is 0 Å². The smallest absolute Gasteiger partial charge is 0.0577 e. The number of nitrogens with one attached hydrogen (secondary N) is 1. The standard InChI is InChI=1S/C13H29NO/c1-7-12(10(3)4)14-9-13(6,8-2)11(5)15/h10-12,14-15H,7-9H2,1-6H3. The van der Waals surface area contributed by atoms with Crippen LogP contribution in [0.3, 0.4) is 0 Å². The van der Waals surface area contributed by atoms with Crippen molar-refractivity contribution in [3.8, 4) is 0 Å². The fourth-order valence-corrected chi connectivity index (χ4v) is 1.78. The van der Waals surface area contributed by atoms with Crippen LogP contribution in [-0.4, -0.2) is 23.8 Å². The minimum atomic E-state index is -0.250. The summed E-state index contributed by atoms with van der Waals surface area (Å²) in [6, 6.07) is 0.564. The molecule has 0 aliphatic heterocycles. The summed E-state index contributed by atoms with van der Waals surface area (Å²) >= 11 is 0. The molecule has 0 saturated heterocycles. The number of hydrogen-bond acceptors (Lipinski definition) is 2. The maximum absolute atomic E-state index is 9.76. The lowest BCUT2D eigenvalue weighted by atomic mass is 9.81. The summed E-state index contributed by atoms with van der Waals surface area (Å²) < 4.78 is 0. The molecule has 2 N–H and O–H groups in total. The summed E-state index contributed by atoms with van der Waals surface area (Å²) in [5, 5.41) is 13.3. The van der Waals surface area contributed by atoms with Crippen molar-refractivity contribution in [2.75, 3.05) is 6.54 Å². The van der Waals surface area contributed by atoms with Gasteiger partial charge in [-0.25, -0.2) is 0 Å². The second kappa shape index (κ2) is 6.49. The molecule has 0 bridgehead atoms. The van der Waals surface area contributed by atoms with E-state index in [1.807, 2.05) is 6.92 Å². The van der Waals surface area contributed by atoms with Gasteiger partial charge in [-0.05, 0) is 25.7 Å². The molecule has 3 unspecified atom stereocenters. The molecule has 0 aromatic rings. The first-order chi connectivity index (χ1) is 6.87. The minimum absolute atomic E-state index is 0.00229. The molecule has 15 heavy (non-hydrogen) atoms. The molecule has 0 aliphatic rings. The van der Waals surface area contributed by atoms with E-state index in [0.717, 1.165) is 19.4 Å². The van der Waals surface area contributed by atoms with Gasteiger partial charge >= 0.3 is 0 Å². The van der Waals surface area contributed by atoms with Crippen LogP contribution in [-0.2, 0) is 0 Å². The predicted molar refractivity (Wildman–Crippen MR) is 67.0 cm³/mol. The zero-order chi connectivity index (χ0) is 12.1. The summed E-state index contributed by atoms with van der Waals surface area (Å²) in [6.45, 7) is 13.8. The number of aliphatic hydroxyl groups is 1. The van der Waals surface area contributed by atoms with E-state index in [1.54, 1.807) is 0 Å². The summed E-state index contributed by atoms with van der Waals surface area (Å²) in [4.78, 5) is 0. The van der Waals surface area contributed by atoms with Crippen LogP contribution in [0, 0.1) is 11.3 Å². The van der Waals surface area contributed by atoms with Gasteiger partial charge < -0.3 is 10.4 Å². The van der Waals surface area contributed by atoms with Gasteiger partial charge in [-0.2, -0.15) is 0 Å². The second-order valence-corrected chi connectivity index (χ2v) is 5.32. The van der Waals surface area contributed by atoms with E-state index in [9.17, 15) is 5.11 Å². The van der Waals surface area contributed by atoms with E-state index in [4.69, 9.17) is 0 Å². The highest BCUT2D eigenvalue weighted by Crippen LogP contribution is 2.25. The molecule has 0 aromatic heterocycles. The average molecular weight is 215 g/mol. The lowest BCUT2D eigenvalue weighted by Crippen LogP contribution is -2.44. The monoisotopic (exact) mass is 215 g/mol. The summed E-state index contributed by atoms with van der Waals surface area (Å²) in [5.74, 6) is 0.658. The van der Waals surface area contributed by atoms with Crippen LogP contribution in [0.15, 0.2) is 0 Å². The van der Waals surface area contributed by atoms with Gasteiger partial charge in [-0.3, -0.25) is 0 Å². The van der Waals surface area contributed by atoms with Crippen molar-refractivity contribution >= 4 is 0 Å². The Morgan fingerprint density at radius 1 is 1.20 bits per heavy atom. The normalized spacial score (nSPS) is 20.0. The maximum atomic E-state index is 9.76. The molecular formula is C13H29NO. The highest BCUT2D eigenvalue weighted by Gasteiger charge is 2.28. The fourth-order valence-electron chi connectivity index (χ4n) is 1.78. The van der Waals surface area contributed by atoms with Crippen molar-refractivity contribution in [1.29, 1.82) is 0 Å². The number of rotatable bonds is 7. The van der Waals surface area contributed by atoms with E-state index >= 15 is 0 Å². The Morgan fingerprint density at radius 3 is 2.00 bits per heavy atom. The van der Waals surface area contributed by atoms with Gasteiger partial charge in [-0.1, -0.05) is 34.6 Å². The minimum Gasteiger partial charge on any atom is -0.393 e. The van der Waals surface area contributed by atoms with Crippen molar-refractivity contribution in [1.82, 2.24) is 5.32 Å². The van der Waals surface area contributed by atoms with Gasteiger partial charge in [0.25, 0.3) is 0 Å². The lowest BCUT2D eigenvalue weighted by Gasteiger charge is -2.34. The van der Waals surface area contributed by atoms with Gasteiger partial charge in [0.2, 0.25) is 0 Å². The molecule has 0 spiro atoms. The third-order valence-electron chi connectivity index (χ3n) is 3.83. The Morgan fingerprint density at radius 2 is 1.73 bits per heavy atom. The van der Waals surface area contributed by atoms with Crippen LogP contribution >= 0.6 is 0 Å². The van der Waals surface area contributed by atoms with Crippen LogP contribution in [0.1, 0.15) is 54.4 Å². The highest BCUT2D eigenvalue weighted by molar-refractivity contribution is 4.83. The molecule has 2 nitrogen and oxygen atoms in total. The van der Waals surface area contributed by atoms with Crippen molar-refractivity contribution in [2.24, 2.45) is 11.3 Å². The SMILES string of the molecule is CCC(NCC(C)(CC)C(C)O)C(C)C. The molecule has 0 saturated carbocycles. The van der Waals surface area contributed by atoms with Crippen LogP contribution < -0.4 is 5.32 Å². The van der Waals surface area contributed by atoms with Gasteiger partial charge in [0.05, 0.1) is 6.10 Å². The Kier molecular flexibility index (Phi) is 6.46. The van der Waals surface area contributed by atoms with E-state index in [-0.39, 0.29) is 11.5 Å². The quantitative estimate of drug-likeness (QED) is 0.684. The van der Waals surface area contributed by atoms with E-state index in [1.165, 1.54) is 0 Å². The van der Waals surface area contributed by atoms with Crippen molar-refractivity contribution in [2.45, 2.75) is 66.5 Å². The molecule has 0 radical (unpaired) electrons. The zero-order valence-corrected chi connectivity index (χ0v) is 11.3. The second-order valence-electron chi connectivity index (χ2n) is 5.32. The summed E-state index contributed by atoms with van der Waals surface area (Å²) in [5.41, 5.74) is 0.00229. The number of aliphatic hydroxyl groups excluding tert-OH is 1. The summed E-state index contributed by atoms with van der Waals surface area (Å²) in [7, 11) is 0. The fraction of sp³-hybridized carbons (Fsp3) is 1.00. The Bertz CT molecular complexity index is 168. The van der Waals surface area contributed by atoms with Crippen LogP contribution in [0.25, 0.3) is 0 Å². The van der Waals surface area contributed by atoms with Crippen molar-refractivity contribution in [3.63, 3.8) is 0 Å². The van der Waals surface area contributed by atoms with Gasteiger partial charge in [0.1, 0.15) is 0 Å². The van der Waals surface area contributed by atoms with Gasteiger partial charge in [-0.15, -0.1) is 0 Å². The predicted octanol–water partition coefficient (Wildman–Crippen LogP) is 2.81. The molecule has 2 heteroatoms. The molecule has 0 heterocycles. The largest absolute Gasteiger partial charge is 0.393 e. The maximum Gasteiger partial charge on any atom is 0.0577 e. The zero-order valence-electron chi connectivity index (χ0n) is 11.3. The molecular weight excluding hydrogens is 186 g/mol. The Balaban J connectivity index is 4.21. The molecule has 0 fully saturated rings. The van der Waals surface area contributed by atoms with E-state index in [2.05, 4.69) is 39.9 Å². The lowest BCUT2D eigenvalue weighted by molar-refractivity contribution is 0.0455. The van der Waals surface area contributed by atoms with Crippen molar-refractivity contribution in [3.05, 3.63) is 0 Å². The van der Waals surface area contributed by atoms with E-state index in [0.29, 0.717) is 12.0 Å². The van der Waals surface area contributed by atoms with Gasteiger partial charge in [0.15, 0.2) is 0 Å². The van der Waals surface area contributed by atoms with Crippen molar-refractivity contribution < 1.29 is 5.11 Å². The first-order valence-corrected chi connectivity index (χ1v) is 6.28. The number of hydrogen-bond donors (Lipinski definition) is 2. The highest BCUT2D eigenvalue weighted by atomic mass is 16.3. The topological polar surface area (TPSA) is 32.3 Å². The first-order valence-electron chi connectivity index (χ1n) is 6.28. The molecule has 92 valence electrons.